The van der Waals surface area contributed by atoms with Crippen molar-refractivity contribution in [1.82, 2.24) is 0 Å². The SMILES string of the molecule is CCC(C)c1cc(C(F)(F)C(F)(F)C(F)(F)C(F)(F)F)c(C(C)C)cc1C(F)(F)C(F)(F)C(F)(F)C(F)(F)F. The maximum atomic E-state index is 14.8. The Morgan fingerprint density at radius 2 is 0.769 bits per heavy atom. The van der Waals surface area contributed by atoms with E-state index in [4.69, 9.17) is 0 Å². The van der Waals surface area contributed by atoms with Gasteiger partial charge in [0.1, 0.15) is 0 Å². The fourth-order valence-electron chi connectivity index (χ4n) is 3.37. The Kier molecular flexibility index (Phi) is 8.79. The minimum absolute atomic E-state index is 0.588. The molecule has 0 aliphatic heterocycles. The van der Waals surface area contributed by atoms with Crippen molar-refractivity contribution < 1.29 is 79.0 Å². The number of halogens is 18. The van der Waals surface area contributed by atoms with Crippen LogP contribution in [0.2, 0.25) is 0 Å². The van der Waals surface area contributed by atoms with Crippen LogP contribution in [0.15, 0.2) is 12.1 Å². The summed E-state index contributed by atoms with van der Waals surface area (Å²) in [5.41, 5.74) is -8.41. The molecule has 0 amide bonds. The third-order valence-corrected chi connectivity index (χ3v) is 5.95. The zero-order valence-corrected chi connectivity index (χ0v) is 19.8. The summed E-state index contributed by atoms with van der Waals surface area (Å²) in [7, 11) is 0. The highest BCUT2D eigenvalue weighted by Crippen LogP contribution is 2.60. The molecule has 0 bridgehead atoms. The summed E-state index contributed by atoms with van der Waals surface area (Å²) >= 11 is 0. The van der Waals surface area contributed by atoms with Crippen LogP contribution in [-0.2, 0) is 11.8 Å². The molecule has 0 N–H and O–H groups in total. The van der Waals surface area contributed by atoms with Gasteiger partial charge < -0.3 is 0 Å². The number of alkyl halides is 18. The van der Waals surface area contributed by atoms with Crippen molar-refractivity contribution in [1.29, 1.82) is 0 Å². The smallest absolute Gasteiger partial charge is 0.194 e. The first-order valence-corrected chi connectivity index (χ1v) is 10.5. The molecule has 0 saturated carbocycles. The van der Waals surface area contributed by atoms with E-state index < -0.39 is 101 Å². The maximum absolute atomic E-state index is 14.8. The first-order chi connectivity index (χ1) is 16.9. The summed E-state index contributed by atoms with van der Waals surface area (Å²) in [5.74, 6) is -46.4. The maximum Gasteiger partial charge on any atom is 0.460 e. The van der Waals surface area contributed by atoms with E-state index in [-0.39, 0.29) is 0 Å². The second-order valence-electron chi connectivity index (χ2n) is 8.93. The van der Waals surface area contributed by atoms with Crippen molar-refractivity contribution in [3.63, 3.8) is 0 Å². The zero-order valence-electron chi connectivity index (χ0n) is 19.8. The molecule has 0 heterocycles. The summed E-state index contributed by atoms with van der Waals surface area (Å²) in [6.07, 6.45) is -15.2. The van der Waals surface area contributed by atoms with Gasteiger partial charge >= 0.3 is 47.9 Å². The normalized spacial score (nSPS) is 16.2. The highest BCUT2D eigenvalue weighted by Gasteiger charge is 2.83. The van der Waals surface area contributed by atoms with Gasteiger partial charge in [-0.2, -0.15) is 79.0 Å². The van der Waals surface area contributed by atoms with Gasteiger partial charge in [-0.25, -0.2) is 0 Å². The average molecular weight is 612 g/mol. The van der Waals surface area contributed by atoms with Gasteiger partial charge in [0.05, 0.1) is 0 Å². The summed E-state index contributed by atoms with van der Waals surface area (Å²) in [5, 5.41) is 0. The fourth-order valence-corrected chi connectivity index (χ4v) is 3.37. The number of hydrogen-bond donors (Lipinski definition) is 0. The van der Waals surface area contributed by atoms with Crippen molar-refractivity contribution >= 4 is 0 Å². The molecule has 18 heteroatoms. The lowest BCUT2D eigenvalue weighted by Gasteiger charge is -2.38. The molecule has 0 aromatic heterocycles. The van der Waals surface area contributed by atoms with Gasteiger partial charge in [-0.1, -0.05) is 27.7 Å². The number of rotatable bonds is 9. The zero-order chi connectivity index (χ0) is 31.6. The predicted molar refractivity (Wildman–Crippen MR) is 98.9 cm³/mol. The lowest BCUT2D eigenvalue weighted by Crippen LogP contribution is -2.60. The highest BCUT2D eigenvalue weighted by molar-refractivity contribution is 5.47. The molecule has 1 aromatic carbocycles. The molecule has 0 aliphatic carbocycles. The molecule has 0 nitrogen and oxygen atoms in total. The molecule has 1 aromatic rings. The van der Waals surface area contributed by atoms with Crippen LogP contribution in [0.1, 0.15) is 68.2 Å². The summed E-state index contributed by atoms with van der Waals surface area (Å²) < 4.78 is 245. The van der Waals surface area contributed by atoms with Gasteiger partial charge in [0.2, 0.25) is 0 Å². The highest BCUT2D eigenvalue weighted by atomic mass is 19.4. The van der Waals surface area contributed by atoms with Crippen LogP contribution >= 0.6 is 0 Å². The monoisotopic (exact) mass is 612 g/mol. The minimum Gasteiger partial charge on any atom is -0.194 e. The standard InChI is InChI=1S/C21H18F18/c1-5-9(4)11-7-12(14(22,23)16(26,27)18(30,31)20(34,35)36)10(8(2)3)6-13(11)15(24,25)17(28,29)19(32,33)21(37,38)39/h6-9H,5H2,1-4H3. The van der Waals surface area contributed by atoms with Crippen molar-refractivity contribution in [3.8, 4) is 0 Å². The van der Waals surface area contributed by atoms with E-state index in [0.29, 0.717) is 20.8 Å². The molecular weight excluding hydrogens is 594 g/mol. The van der Waals surface area contributed by atoms with Crippen LogP contribution in [-0.4, -0.2) is 36.0 Å². The Morgan fingerprint density at radius 1 is 0.487 bits per heavy atom. The quantitative estimate of drug-likeness (QED) is 0.244. The molecule has 1 rings (SSSR count). The molecule has 0 aliphatic rings. The van der Waals surface area contributed by atoms with Crippen LogP contribution < -0.4 is 0 Å². The first kappa shape index (κ1) is 35.0. The molecule has 1 atom stereocenters. The summed E-state index contributed by atoms with van der Waals surface area (Å²) in [6.45, 7) is 3.01. The molecule has 39 heavy (non-hydrogen) atoms. The first-order valence-electron chi connectivity index (χ1n) is 10.5. The summed E-state index contributed by atoms with van der Waals surface area (Å²) in [4.78, 5) is 0. The van der Waals surface area contributed by atoms with Crippen LogP contribution in [0.4, 0.5) is 79.0 Å². The lowest BCUT2D eigenvalue weighted by atomic mass is 9.79. The predicted octanol–water partition coefficient (Wildman–Crippen LogP) is 10.2. The van der Waals surface area contributed by atoms with Crippen LogP contribution in [0.5, 0.6) is 0 Å². The Balaban J connectivity index is 4.25. The number of benzene rings is 1. The van der Waals surface area contributed by atoms with E-state index in [1.165, 1.54) is 0 Å². The van der Waals surface area contributed by atoms with E-state index in [0.717, 1.165) is 6.92 Å². The van der Waals surface area contributed by atoms with E-state index >= 15 is 0 Å². The van der Waals surface area contributed by atoms with Gasteiger partial charge in [-0.15, -0.1) is 0 Å². The molecule has 228 valence electrons. The Morgan fingerprint density at radius 3 is 1.03 bits per heavy atom. The second kappa shape index (κ2) is 9.80. The van der Waals surface area contributed by atoms with Gasteiger partial charge in [-0.3, -0.25) is 0 Å². The Bertz CT molecular complexity index is 1030. The molecular formula is C21H18F18. The Labute approximate surface area is 208 Å². The van der Waals surface area contributed by atoms with Crippen LogP contribution in [0.25, 0.3) is 0 Å². The summed E-state index contributed by atoms with van der Waals surface area (Å²) in [6, 6.07) is -1.19. The molecule has 0 radical (unpaired) electrons. The van der Waals surface area contributed by atoms with Gasteiger partial charge in [-0.05, 0) is 41.5 Å². The lowest BCUT2D eigenvalue weighted by molar-refractivity contribution is -0.400. The number of hydrogen-bond acceptors (Lipinski definition) is 0. The average Bonchev–Trinajstić information content (AvgIpc) is 2.75. The van der Waals surface area contributed by atoms with Crippen molar-refractivity contribution in [2.24, 2.45) is 0 Å². The minimum atomic E-state index is -7.45. The molecule has 0 saturated heterocycles. The van der Waals surface area contributed by atoms with Crippen molar-refractivity contribution in [3.05, 3.63) is 34.4 Å². The van der Waals surface area contributed by atoms with Crippen LogP contribution in [0.3, 0.4) is 0 Å². The largest absolute Gasteiger partial charge is 0.460 e. The van der Waals surface area contributed by atoms with Gasteiger partial charge in [0.15, 0.2) is 0 Å². The van der Waals surface area contributed by atoms with Crippen molar-refractivity contribution in [2.45, 2.75) is 93.8 Å². The van der Waals surface area contributed by atoms with Gasteiger partial charge in [0.25, 0.3) is 0 Å². The second-order valence-corrected chi connectivity index (χ2v) is 8.93. The fraction of sp³-hybridized carbons (Fsp3) is 0.714. The third kappa shape index (κ3) is 5.12. The van der Waals surface area contributed by atoms with E-state index in [9.17, 15) is 79.0 Å². The van der Waals surface area contributed by atoms with E-state index in [1.54, 1.807) is 0 Å². The molecule has 0 spiro atoms. The Hall–Kier alpha value is -2.04. The molecule has 0 fully saturated rings. The van der Waals surface area contributed by atoms with Gasteiger partial charge in [0, 0.05) is 11.1 Å². The van der Waals surface area contributed by atoms with Crippen molar-refractivity contribution in [2.75, 3.05) is 0 Å². The topological polar surface area (TPSA) is 0 Å². The van der Waals surface area contributed by atoms with E-state index in [2.05, 4.69) is 0 Å². The van der Waals surface area contributed by atoms with Crippen LogP contribution in [0, 0.1) is 0 Å². The molecule has 1 unspecified atom stereocenters. The van der Waals surface area contributed by atoms with E-state index in [1.807, 2.05) is 0 Å². The third-order valence-electron chi connectivity index (χ3n) is 5.95.